The smallest absolute Gasteiger partial charge is 0.252 e. The molecular formula is C20H29NO2S. The second kappa shape index (κ2) is 9.47. The molecule has 1 saturated heterocycles. The highest BCUT2D eigenvalue weighted by molar-refractivity contribution is 7.99. The lowest BCUT2D eigenvalue weighted by atomic mass is 9.96. The summed E-state index contributed by atoms with van der Waals surface area (Å²) in [6, 6.07) is 8.34. The molecule has 1 atom stereocenters. The minimum atomic E-state index is 0.0935. The SMILES string of the molecule is O=C(NC1CCCCCCC1)c1ccccc1SC[C@H]1CCCO1. The summed E-state index contributed by atoms with van der Waals surface area (Å²) in [6.45, 7) is 0.884. The molecule has 132 valence electrons. The third kappa shape index (κ3) is 5.25. The molecule has 0 unspecified atom stereocenters. The van der Waals surface area contributed by atoms with Crippen LogP contribution in [-0.4, -0.2) is 30.4 Å². The fraction of sp³-hybridized carbons (Fsp3) is 0.650. The Labute approximate surface area is 149 Å². The van der Waals surface area contributed by atoms with Gasteiger partial charge in [-0.1, -0.05) is 44.2 Å². The first-order valence-corrected chi connectivity index (χ1v) is 10.5. The maximum absolute atomic E-state index is 12.8. The molecule has 2 fully saturated rings. The van der Waals surface area contributed by atoms with Gasteiger partial charge >= 0.3 is 0 Å². The third-order valence-electron chi connectivity index (χ3n) is 5.02. The number of thioether (sulfide) groups is 1. The van der Waals surface area contributed by atoms with Crippen molar-refractivity contribution in [2.24, 2.45) is 0 Å². The Hall–Kier alpha value is -1.00. The molecule has 0 bridgehead atoms. The van der Waals surface area contributed by atoms with E-state index in [1.54, 1.807) is 11.8 Å². The van der Waals surface area contributed by atoms with Gasteiger partial charge in [0.25, 0.3) is 5.91 Å². The number of carbonyl (C=O) groups excluding carboxylic acids is 1. The number of hydrogen-bond donors (Lipinski definition) is 1. The number of ether oxygens (including phenoxy) is 1. The lowest BCUT2D eigenvalue weighted by Crippen LogP contribution is -2.35. The summed E-state index contributed by atoms with van der Waals surface area (Å²) in [5.74, 6) is 1.03. The van der Waals surface area contributed by atoms with Gasteiger partial charge in [-0.3, -0.25) is 4.79 Å². The largest absolute Gasteiger partial charge is 0.377 e. The molecular weight excluding hydrogens is 318 g/mol. The van der Waals surface area contributed by atoms with E-state index in [1.807, 2.05) is 18.2 Å². The molecule has 24 heavy (non-hydrogen) atoms. The highest BCUT2D eigenvalue weighted by Crippen LogP contribution is 2.27. The molecule has 1 aromatic carbocycles. The van der Waals surface area contributed by atoms with Crippen molar-refractivity contribution in [3.05, 3.63) is 29.8 Å². The molecule has 1 aromatic rings. The van der Waals surface area contributed by atoms with Crippen LogP contribution in [0.2, 0.25) is 0 Å². The minimum absolute atomic E-state index is 0.0935. The molecule has 1 saturated carbocycles. The summed E-state index contributed by atoms with van der Waals surface area (Å²) in [6.07, 6.45) is 11.3. The quantitative estimate of drug-likeness (QED) is 0.778. The van der Waals surface area contributed by atoms with E-state index in [0.717, 1.165) is 48.5 Å². The zero-order chi connectivity index (χ0) is 16.6. The second-order valence-electron chi connectivity index (χ2n) is 6.96. The number of amides is 1. The Bertz CT molecular complexity index is 520. The van der Waals surface area contributed by atoms with E-state index in [-0.39, 0.29) is 5.91 Å². The molecule has 1 amide bonds. The van der Waals surface area contributed by atoms with Gasteiger partial charge in [-0.05, 0) is 37.8 Å². The average Bonchev–Trinajstić information content (AvgIpc) is 3.09. The number of benzene rings is 1. The Kier molecular flexibility index (Phi) is 7.03. The Morgan fingerprint density at radius 2 is 1.79 bits per heavy atom. The van der Waals surface area contributed by atoms with Crippen LogP contribution in [0.5, 0.6) is 0 Å². The zero-order valence-electron chi connectivity index (χ0n) is 14.5. The predicted molar refractivity (Wildman–Crippen MR) is 99.7 cm³/mol. The first-order chi connectivity index (χ1) is 11.8. The summed E-state index contributed by atoms with van der Waals surface area (Å²) < 4.78 is 5.70. The molecule has 0 aromatic heterocycles. The van der Waals surface area contributed by atoms with Gasteiger partial charge < -0.3 is 10.1 Å². The average molecular weight is 348 g/mol. The van der Waals surface area contributed by atoms with E-state index in [0.29, 0.717) is 12.1 Å². The van der Waals surface area contributed by atoms with E-state index in [9.17, 15) is 4.79 Å². The summed E-state index contributed by atoms with van der Waals surface area (Å²) >= 11 is 1.76. The summed E-state index contributed by atoms with van der Waals surface area (Å²) in [5, 5.41) is 3.29. The lowest BCUT2D eigenvalue weighted by molar-refractivity contribution is 0.0927. The number of nitrogens with one attached hydrogen (secondary N) is 1. The van der Waals surface area contributed by atoms with Gasteiger partial charge in [-0.15, -0.1) is 11.8 Å². The number of rotatable bonds is 5. The monoisotopic (exact) mass is 347 g/mol. The standard InChI is InChI=1S/C20H29NO2S/c22-20(21-16-9-4-2-1-3-5-10-16)18-12-6-7-13-19(18)24-15-17-11-8-14-23-17/h6-7,12-13,16-17H,1-5,8-11,14-15H2,(H,21,22)/t17-/m1/s1. The van der Waals surface area contributed by atoms with Gasteiger partial charge in [0.1, 0.15) is 0 Å². The molecule has 2 aliphatic rings. The molecule has 1 N–H and O–H groups in total. The van der Waals surface area contributed by atoms with Crippen molar-refractivity contribution in [3.63, 3.8) is 0 Å². The van der Waals surface area contributed by atoms with E-state index in [2.05, 4.69) is 11.4 Å². The van der Waals surface area contributed by atoms with Gasteiger partial charge in [0, 0.05) is 23.3 Å². The van der Waals surface area contributed by atoms with Gasteiger partial charge in [0.05, 0.1) is 11.7 Å². The topological polar surface area (TPSA) is 38.3 Å². The molecule has 3 rings (SSSR count). The summed E-state index contributed by atoms with van der Waals surface area (Å²) in [5.41, 5.74) is 0.822. The van der Waals surface area contributed by atoms with Crippen molar-refractivity contribution in [3.8, 4) is 0 Å². The third-order valence-corrected chi connectivity index (χ3v) is 6.23. The van der Waals surface area contributed by atoms with Crippen LogP contribution < -0.4 is 5.32 Å². The fourth-order valence-electron chi connectivity index (χ4n) is 3.60. The van der Waals surface area contributed by atoms with Crippen LogP contribution in [0, 0.1) is 0 Å². The van der Waals surface area contributed by atoms with Crippen LogP contribution >= 0.6 is 11.8 Å². The normalized spacial score (nSPS) is 22.8. The minimum Gasteiger partial charge on any atom is -0.377 e. The fourth-order valence-corrected chi connectivity index (χ4v) is 4.72. The summed E-state index contributed by atoms with van der Waals surface area (Å²) in [7, 11) is 0. The second-order valence-corrected chi connectivity index (χ2v) is 8.02. The van der Waals surface area contributed by atoms with Crippen LogP contribution in [0.4, 0.5) is 0 Å². The van der Waals surface area contributed by atoms with E-state index in [1.165, 1.54) is 32.1 Å². The number of hydrogen-bond acceptors (Lipinski definition) is 3. The Morgan fingerprint density at radius 3 is 2.54 bits per heavy atom. The van der Waals surface area contributed by atoms with Crippen LogP contribution in [0.1, 0.15) is 68.1 Å². The van der Waals surface area contributed by atoms with E-state index < -0.39 is 0 Å². The van der Waals surface area contributed by atoms with Crippen LogP contribution in [-0.2, 0) is 4.74 Å². The molecule has 0 spiro atoms. The van der Waals surface area contributed by atoms with Gasteiger partial charge in [0.2, 0.25) is 0 Å². The summed E-state index contributed by atoms with van der Waals surface area (Å²) in [4.78, 5) is 13.9. The van der Waals surface area contributed by atoms with Gasteiger partial charge in [-0.2, -0.15) is 0 Å². The van der Waals surface area contributed by atoms with Crippen LogP contribution in [0.25, 0.3) is 0 Å². The Morgan fingerprint density at radius 1 is 1.04 bits per heavy atom. The highest BCUT2D eigenvalue weighted by Gasteiger charge is 2.20. The first-order valence-electron chi connectivity index (χ1n) is 9.47. The van der Waals surface area contributed by atoms with E-state index in [4.69, 9.17) is 4.74 Å². The molecule has 1 aliphatic heterocycles. The van der Waals surface area contributed by atoms with Crippen LogP contribution in [0.15, 0.2) is 29.2 Å². The maximum atomic E-state index is 12.8. The zero-order valence-corrected chi connectivity index (χ0v) is 15.3. The van der Waals surface area contributed by atoms with Crippen molar-refractivity contribution < 1.29 is 9.53 Å². The van der Waals surface area contributed by atoms with E-state index >= 15 is 0 Å². The van der Waals surface area contributed by atoms with Gasteiger partial charge in [0.15, 0.2) is 0 Å². The van der Waals surface area contributed by atoms with Crippen molar-refractivity contribution >= 4 is 17.7 Å². The van der Waals surface area contributed by atoms with Gasteiger partial charge in [-0.25, -0.2) is 0 Å². The lowest BCUT2D eigenvalue weighted by Gasteiger charge is -2.21. The van der Waals surface area contributed by atoms with Crippen molar-refractivity contribution in [2.45, 2.75) is 74.8 Å². The van der Waals surface area contributed by atoms with Crippen molar-refractivity contribution in [2.75, 3.05) is 12.4 Å². The molecule has 3 nitrogen and oxygen atoms in total. The molecule has 0 radical (unpaired) electrons. The van der Waals surface area contributed by atoms with Crippen molar-refractivity contribution in [1.29, 1.82) is 0 Å². The first kappa shape index (κ1) is 17.8. The van der Waals surface area contributed by atoms with Crippen molar-refractivity contribution in [1.82, 2.24) is 5.32 Å². The predicted octanol–water partition coefficient (Wildman–Crippen LogP) is 4.80. The highest BCUT2D eigenvalue weighted by atomic mass is 32.2. The number of carbonyl (C=O) groups is 1. The molecule has 4 heteroatoms. The molecule has 1 heterocycles. The molecule has 1 aliphatic carbocycles. The van der Waals surface area contributed by atoms with Crippen LogP contribution in [0.3, 0.4) is 0 Å². The Balaban J connectivity index is 1.58. The maximum Gasteiger partial charge on any atom is 0.252 e.